The topological polar surface area (TPSA) is 69.4 Å². The monoisotopic (exact) mass is 423 g/mol. The van der Waals surface area contributed by atoms with E-state index in [0.29, 0.717) is 16.0 Å². The summed E-state index contributed by atoms with van der Waals surface area (Å²) in [7, 11) is -3.77. The predicted octanol–water partition coefficient (Wildman–Crippen LogP) is 3.79. The highest BCUT2D eigenvalue weighted by Gasteiger charge is 2.12. The fraction of sp³-hybridized carbons (Fsp3) is 0. The van der Waals surface area contributed by atoms with Gasteiger partial charge in [-0.1, -0.05) is 0 Å². The molecule has 0 atom stereocenters. The summed E-state index contributed by atoms with van der Waals surface area (Å²) in [5, 5.41) is 5.03. The molecule has 4 nitrogen and oxygen atoms in total. The first kappa shape index (κ1) is 15.4. The second-order valence-electron chi connectivity index (χ2n) is 3.82. The van der Waals surface area contributed by atoms with Crippen molar-refractivity contribution >= 4 is 41.9 Å². The third-order valence-electron chi connectivity index (χ3n) is 2.35. The van der Waals surface area contributed by atoms with Crippen LogP contribution in [0.25, 0.3) is 0 Å². The summed E-state index contributed by atoms with van der Waals surface area (Å²) in [4.78, 5) is -0.0305. The fourth-order valence-corrected chi connectivity index (χ4v) is 2.92. The first-order chi connectivity index (χ1) is 9.27. The van der Waals surface area contributed by atoms with Crippen LogP contribution in [0.15, 0.2) is 50.2 Å². The lowest BCUT2D eigenvalue weighted by Crippen LogP contribution is -2.11. The van der Waals surface area contributed by atoms with Crippen molar-refractivity contribution in [2.24, 2.45) is 5.14 Å². The van der Waals surface area contributed by atoms with Crippen LogP contribution in [0.4, 0.5) is 4.39 Å². The molecule has 0 aliphatic heterocycles. The van der Waals surface area contributed by atoms with Crippen molar-refractivity contribution in [3.63, 3.8) is 0 Å². The van der Waals surface area contributed by atoms with Gasteiger partial charge in [0.1, 0.15) is 17.3 Å². The van der Waals surface area contributed by atoms with Crippen LogP contribution in [0.1, 0.15) is 0 Å². The molecule has 0 saturated heterocycles. The maximum atomic E-state index is 13.1. The molecule has 106 valence electrons. The molecule has 0 saturated carbocycles. The van der Waals surface area contributed by atoms with Gasteiger partial charge < -0.3 is 4.74 Å². The summed E-state index contributed by atoms with van der Waals surface area (Å²) < 4.78 is 41.7. The normalized spacial score (nSPS) is 11.4. The summed E-state index contributed by atoms with van der Waals surface area (Å²) >= 11 is 6.25. The second kappa shape index (κ2) is 5.80. The van der Waals surface area contributed by atoms with Crippen molar-refractivity contribution in [1.82, 2.24) is 0 Å². The van der Waals surface area contributed by atoms with Crippen LogP contribution >= 0.6 is 31.9 Å². The molecular weight excluding hydrogens is 417 g/mol. The molecule has 0 heterocycles. The zero-order valence-corrected chi connectivity index (χ0v) is 13.8. The highest BCUT2D eigenvalue weighted by molar-refractivity contribution is 9.10. The van der Waals surface area contributed by atoms with Gasteiger partial charge in [-0.05, 0) is 68.3 Å². The van der Waals surface area contributed by atoms with Crippen LogP contribution in [0.2, 0.25) is 0 Å². The molecule has 0 fully saturated rings. The number of hydrogen-bond acceptors (Lipinski definition) is 3. The smallest absolute Gasteiger partial charge is 0.238 e. The van der Waals surface area contributed by atoms with Gasteiger partial charge in [-0.2, -0.15) is 0 Å². The standard InChI is InChI=1S/C12H8Br2FNO3S/c13-9-5-7(1-3-11(9)15)19-12-4-2-8(6-10(12)14)20(16,17)18/h1-6H,(H2,16,17,18). The van der Waals surface area contributed by atoms with Gasteiger partial charge in [0.25, 0.3) is 0 Å². The fourth-order valence-electron chi connectivity index (χ4n) is 1.41. The van der Waals surface area contributed by atoms with Gasteiger partial charge in [-0.25, -0.2) is 17.9 Å². The highest BCUT2D eigenvalue weighted by atomic mass is 79.9. The lowest BCUT2D eigenvalue weighted by atomic mass is 10.3. The van der Waals surface area contributed by atoms with Crippen molar-refractivity contribution in [3.05, 3.63) is 51.2 Å². The van der Waals surface area contributed by atoms with E-state index in [2.05, 4.69) is 31.9 Å². The average molecular weight is 425 g/mol. The van der Waals surface area contributed by atoms with E-state index in [1.165, 1.54) is 36.4 Å². The van der Waals surface area contributed by atoms with Crippen LogP contribution in [0, 0.1) is 5.82 Å². The molecule has 0 radical (unpaired) electrons. The Morgan fingerprint density at radius 3 is 2.30 bits per heavy atom. The Labute approximate surface area is 132 Å². The molecule has 2 rings (SSSR count). The minimum atomic E-state index is -3.77. The molecule has 0 aliphatic carbocycles. The first-order valence-corrected chi connectivity index (χ1v) is 8.36. The van der Waals surface area contributed by atoms with E-state index in [1.807, 2.05) is 0 Å². The van der Waals surface area contributed by atoms with Crippen LogP contribution in [0.5, 0.6) is 11.5 Å². The van der Waals surface area contributed by atoms with Crippen LogP contribution in [0.3, 0.4) is 0 Å². The lowest BCUT2D eigenvalue weighted by molar-refractivity contribution is 0.476. The van der Waals surface area contributed by atoms with E-state index in [9.17, 15) is 12.8 Å². The minimum absolute atomic E-state index is 0.0305. The number of hydrogen-bond donors (Lipinski definition) is 1. The van der Waals surface area contributed by atoms with E-state index < -0.39 is 15.8 Å². The van der Waals surface area contributed by atoms with E-state index in [-0.39, 0.29) is 9.37 Å². The number of rotatable bonds is 3. The number of ether oxygens (including phenoxy) is 1. The maximum Gasteiger partial charge on any atom is 0.238 e. The van der Waals surface area contributed by atoms with E-state index in [0.717, 1.165) is 0 Å². The molecule has 20 heavy (non-hydrogen) atoms. The molecule has 2 aromatic rings. The largest absolute Gasteiger partial charge is 0.456 e. The molecule has 0 bridgehead atoms. The van der Waals surface area contributed by atoms with Crippen LogP contribution in [-0.2, 0) is 10.0 Å². The summed E-state index contributed by atoms with van der Waals surface area (Å²) in [5.74, 6) is 0.388. The van der Waals surface area contributed by atoms with E-state index in [4.69, 9.17) is 9.88 Å². The van der Waals surface area contributed by atoms with Gasteiger partial charge >= 0.3 is 0 Å². The Morgan fingerprint density at radius 2 is 1.75 bits per heavy atom. The molecule has 0 spiro atoms. The van der Waals surface area contributed by atoms with Gasteiger partial charge in [-0.3, -0.25) is 0 Å². The van der Waals surface area contributed by atoms with Crippen LogP contribution in [-0.4, -0.2) is 8.42 Å². The first-order valence-electron chi connectivity index (χ1n) is 5.22. The zero-order chi connectivity index (χ0) is 14.9. The molecule has 2 N–H and O–H groups in total. The van der Waals surface area contributed by atoms with Gasteiger partial charge in [0.05, 0.1) is 13.8 Å². The third-order valence-corrected chi connectivity index (χ3v) is 4.49. The number of nitrogens with two attached hydrogens (primary N) is 1. The summed E-state index contributed by atoms with van der Waals surface area (Å²) in [6, 6.07) is 8.31. The molecule has 8 heteroatoms. The third kappa shape index (κ3) is 3.57. The lowest BCUT2D eigenvalue weighted by Gasteiger charge is -2.09. The zero-order valence-electron chi connectivity index (χ0n) is 9.81. The summed E-state index contributed by atoms with van der Waals surface area (Å²) in [6.45, 7) is 0. The maximum absolute atomic E-state index is 13.1. The van der Waals surface area contributed by atoms with Gasteiger partial charge in [0.15, 0.2) is 0 Å². The number of primary sulfonamides is 1. The summed E-state index contributed by atoms with van der Waals surface area (Å²) in [5.41, 5.74) is 0. The van der Waals surface area contributed by atoms with Crippen molar-refractivity contribution in [1.29, 1.82) is 0 Å². The van der Waals surface area contributed by atoms with E-state index in [1.54, 1.807) is 0 Å². The molecule has 0 unspecified atom stereocenters. The average Bonchev–Trinajstić information content (AvgIpc) is 2.35. The van der Waals surface area contributed by atoms with Crippen molar-refractivity contribution in [2.45, 2.75) is 4.90 Å². The molecule has 0 amide bonds. The minimum Gasteiger partial charge on any atom is -0.456 e. The predicted molar refractivity (Wildman–Crippen MR) is 79.7 cm³/mol. The van der Waals surface area contributed by atoms with E-state index >= 15 is 0 Å². The number of sulfonamides is 1. The Hall–Kier alpha value is -0.960. The SMILES string of the molecule is NS(=O)(=O)c1ccc(Oc2ccc(F)c(Br)c2)c(Br)c1. The van der Waals surface area contributed by atoms with Crippen LogP contribution < -0.4 is 9.88 Å². The summed E-state index contributed by atoms with van der Waals surface area (Å²) in [6.07, 6.45) is 0. The second-order valence-corrected chi connectivity index (χ2v) is 7.09. The quantitative estimate of drug-likeness (QED) is 0.814. The molecule has 0 aliphatic rings. The Kier molecular flexibility index (Phi) is 4.48. The Morgan fingerprint density at radius 1 is 1.05 bits per heavy atom. The molecule has 0 aromatic heterocycles. The van der Waals surface area contributed by atoms with Gasteiger partial charge in [-0.15, -0.1) is 0 Å². The highest BCUT2D eigenvalue weighted by Crippen LogP contribution is 2.32. The van der Waals surface area contributed by atoms with Crippen molar-refractivity contribution < 1.29 is 17.5 Å². The number of halogens is 3. The number of benzene rings is 2. The Bertz CT molecular complexity index is 765. The van der Waals surface area contributed by atoms with Crippen molar-refractivity contribution in [3.8, 4) is 11.5 Å². The molecular formula is C12H8Br2FNO3S. The van der Waals surface area contributed by atoms with Gasteiger partial charge in [0, 0.05) is 0 Å². The molecule has 2 aromatic carbocycles. The van der Waals surface area contributed by atoms with Gasteiger partial charge in [0.2, 0.25) is 10.0 Å². The van der Waals surface area contributed by atoms with Crippen molar-refractivity contribution in [2.75, 3.05) is 0 Å². The Balaban J connectivity index is 2.32.